The summed E-state index contributed by atoms with van der Waals surface area (Å²) in [5.41, 5.74) is 1.52. The van der Waals surface area contributed by atoms with Gasteiger partial charge in [-0.25, -0.2) is 8.78 Å². The molecule has 0 bridgehead atoms. The molecule has 0 amide bonds. The summed E-state index contributed by atoms with van der Waals surface area (Å²) >= 11 is 0. The van der Waals surface area contributed by atoms with Gasteiger partial charge < -0.3 is 0 Å². The number of alkyl halides is 3. The molecule has 2 saturated carbocycles. The van der Waals surface area contributed by atoms with Crippen molar-refractivity contribution < 1.29 is 22.0 Å². The molecule has 0 aromatic heterocycles. The maximum Gasteiger partial charge on any atom is 0.409 e. The van der Waals surface area contributed by atoms with E-state index >= 15 is 0 Å². The molecule has 0 saturated heterocycles. The van der Waals surface area contributed by atoms with E-state index in [9.17, 15) is 22.0 Å². The topological polar surface area (TPSA) is 0 Å². The van der Waals surface area contributed by atoms with Crippen LogP contribution in [0, 0.1) is 29.4 Å². The standard InChI is InChI=1S/C31H35F5/c1-2-3-4-21-5-7-22(8-6-21)23-9-11-24(12-10-23)25-13-15-26(16-14-25)27-19-29(32)28(30(33)20-27)17-18-31(34,35)36/h2,13-24H,1,3-12H2/b18-17+. The number of hydrogen-bond acceptors (Lipinski definition) is 0. The molecule has 0 atom stereocenters. The zero-order chi connectivity index (χ0) is 25.7. The summed E-state index contributed by atoms with van der Waals surface area (Å²) in [5.74, 6) is 1.06. The Hall–Kier alpha value is -2.43. The molecule has 2 aliphatic rings. The lowest BCUT2D eigenvalue weighted by Crippen LogP contribution is -2.25. The third-order valence-electron chi connectivity index (χ3n) is 8.34. The van der Waals surface area contributed by atoms with Gasteiger partial charge in [0.25, 0.3) is 0 Å². The van der Waals surface area contributed by atoms with E-state index in [0.29, 0.717) is 23.1 Å². The molecule has 36 heavy (non-hydrogen) atoms. The van der Waals surface area contributed by atoms with E-state index in [1.165, 1.54) is 63.4 Å². The molecule has 2 aromatic carbocycles. The molecule has 0 spiro atoms. The Morgan fingerprint density at radius 2 is 1.33 bits per heavy atom. The SMILES string of the molecule is C=CCCC1CCC(C2CCC(c3ccc(-c4cc(F)c(/C=C/C(F)(F)F)c(F)c4)cc3)CC2)CC1. The normalized spacial score (nSPS) is 25.2. The van der Waals surface area contributed by atoms with Crippen LogP contribution in [0.25, 0.3) is 17.2 Å². The van der Waals surface area contributed by atoms with Crippen LogP contribution in [0.3, 0.4) is 0 Å². The first kappa shape index (κ1) is 26.6. The predicted molar refractivity (Wildman–Crippen MR) is 136 cm³/mol. The second kappa shape index (κ2) is 11.7. The van der Waals surface area contributed by atoms with Crippen LogP contribution in [0.5, 0.6) is 0 Å². The van der Waals surface area contributed by atoms with Crippen molar-refractivity contribution in [2.75, 3.05) is 0 Å². The van der Waals surface area contributed by atoms with Gasteiger partial charge in [-0.2, -0.15) is 13.2 Å². The number of hydrogen-bond donors (Lipinski definition) is 0. The molecule has 0 radical (unpaired) electrons. The third-order valence-corrected chi connectivity index (χ3v) is 8.34. The lowest BCUT2D eigenvalue weighted by molar-refractivity contribution is -0.0790. The minimum Gasteiger partial charge on any atom is -0.206 e. The van der Waals surface area contributed by atoms with Crippen molar-refractivity contribution in [3.8, 4) is 11.1 Å². The van der Waals surface area contributed by atoms with E-state index in [1.54, 1.807) is 0 Å². The molecular formula is C31H35F5. The molecule has 2 aliphatic carbocycles. The summed E-state index contributed by atoms with van der Waals surface area (Å²) in [6, 6.07) is 9.94. The number of benzene rings is 2. The van der Waals surface area contributed by atoms with Crippen LogP contribution in [-0.2, 0) is 0 Å². The number of rotatable bonds is 7. The van der Waals surface area contributed by atoms with Gasteiger partial charge in [0.1, 0.15) is 11.6 Å². The maximum absolute atomic E-state index is 14.3. The smallest absolute Gasteiger partial charge is 0.206 e. The van der Waals surface area contributed by atoms with E-state index in [-0.39, 0.29) is 6.08 Å². The fourth-order valence-corrected chi connectivity index (χ4v) is 6.26. The zero-order valence-corrected chi connectivity index (χ0v) is 20.7. The quantitative estimate of drug-likeness (QED) is 0.261. The van der Waals surface area contributed by atoms with Crippen molar-refractivity contribution in [1.82, 2.24) is 0 Å². The van der Waals surface area contributed by atoms with Crippen molar-refractivity contribution in [3.63, 3.8) is 0 Å². The van der Waals surface area contributed by atoms with Gasteiger partial charge in [-0.3, -0.25) is 0 Å². The number of halogens is 5. The van der Waals surface area contributed by atoms with Crippen LogP contribution in [0.15, 0.2) is 55.1 Å². The summed E-state index contributed by atoms with van der Waals surface area (Å²) in [6.07, 6.45) is 10.4. The monoisotopic (exact) mass is 502 g/mol. The van der Waals surface area contributed by atoms with Crippen molar-refractivity contribution in [3.05, 3.63) is 77.9 Å². The van der Waals surface area contributed by atoms with Gasteiger partial charge >= 0.3 is 6.18 Å². The van der Waals surface area contributed by atoms with E-state index in [1.807, 2.05) is 30.3 Å². The lowest BCUT2D eigenvalue weighted by atomic mass is 9.68. The Morgan fingerprint density at radius 3 is 1.86 bits per heavy atom. The second-order valence-corrected chi connectivity index (χ2v) is 10.6. The van der Waals surface area contributed by atoms with Crippen LogP contribution in [0.2, 0.25) is 0 Å². The van der Waals surface area contributed by atoms with Crippen molar-refractivity contribution in [1.29, 1.82) is 0 Å². The summed E-state index contributed by atoms with van der Waals surface area (Å²) < 4.78 is 65.8. The molecule has 2 fully saturated rings. The minimum absolute atomic E-state index is 0.160. The van der Waals surface area contributed by atoms with E-state index < -0.39 is 23.4 Å². The maximum atomic E-state index is 14.3. The van der Waals surface area contributed by atoms with E-state index in [0.717, 1.165) is 36.3 Å². The number of allylic oxidation sites excluding steroid dienone is 2. The van der Waals surface area contributed by atoms with Crippen molar-refractivity contribution >= 4 is 6.08 Å². The molecule has 0 heterocycles. The fourth-order valence-electron chi connectivity index (χ4n) is 6.26. The van der Waals surface area contributed by atoms with Gasteiger partial charge in [-0.05, 0) is 110 Å². The molecular weight excluding hydrogens is 467 g/mol. The molecule has 2 aromatic rings. The van der Waals surface area contributed by atoms with Gasteiger partial charge in [0.05, 0.1) is 0 Å². The van der Waals surface area contributed by atoms with Gasteiger partial charge in [-0.15, -0.1) is 6.58 Å². The lowest BCUT2D eigenvalue weighted by Gasteiger charge is -2.38. The average Bonchev–Trinajstić information content (AvgIpc) is 2.87. The highest BCUT2D eigenvalue weighted by atomic mass is 19.4. The van der Waals surface area contributed by atoms with Gasteiger partial charge in [0.15, 0.2) is 0 Å². The second-order valence-electron chi connectivity index (χ2n) is 10.6. The Kier molecular flexibility index (Phi) is 8.69. The molecule has 0 aliphatic heterocycles. The first-order chi connectivity index (χ1) is 17.2. The molecule has 5 heteroatoms. The minimum atomic E-state index is -4.63. The molecule has 0 nitrogen and oxygen atoms in total. The van der Waals surface area contributed by atoms with Crippen molar-refractivity contribution in [2.24, 2.45) is 17.8 Å². The highest BCUT2D eigenvalue weighted by Gasteiger charge is 2.31. The summed E-state index contributed by atoms with van der Waals surface area (Å²) in [7, 11) is 0. The first-order valence-electron chi connectivity index (χ1n) is 13.2. The Morgan fingerprint density at radius 1 is 0.778 bits per heavy atom. The summed E-state index contributed by atoms with van der Waals surface area (Å²) in [6.45, 7) is 3.84. The predicted octanol–water partition coefficient (Wildman–Crippen LogP) is 10.3. The Balaban J connectivity index is 1.33. The van der Waals surface area contributed by atoms with Gasteiger partial charge in [-0.1, -0.05) is 43.2 Å². The van der Waals surface area contributed by atoms with Crippen LogP contribution in [-0.4, -0.2) is 6.18 Å². The Bertz CT molecular complexity index is 1010. The van der Waals surface area contributed by atoms with Crippen LogP contribution in [0.4, 0.5) is 22.0 Å². The first-order valence-corrected chi connectivity index (χ1v) is 13.2. The van der Waals surface area contributed by atoms with Gasteiger partial charge in [0.2, 0.25) is 0 Å². The average molecular weight is 503 g/mol. The third kappa shape index (κ3) is 6.86. The van der Waals surface area contributed by atoms with E-state index in [2.05, 4.69) is 6.58 Å². The van der Waals surface area contributed by atoms with Gasteiger partial charge in [0, 0.05) is 11.6 Å². The molecule has 194 valence electrons. The summed E-state index contributed by atoms with van der Waals surface area (Å²) in [4.78, 5) is 0. The van der Waals surface area contributed by atoms with Crippen molar-refractivity contribution in [2.45, 2.75) is 76.3 Å². The molecule has 0 unspecified atom stereocenters. The van der Waals surface area contributed by atoms with Crippen LogP contribution >= 0.6 is 0 Å². The molecule has 4 rings (SSSR count). The van der Waals surface area contributed by atoms with Crippen LogP contribution < -0.4 is 0 Å². The highest BCUT2D eigenvalue weighted by Crippen LogP contribution is 2.44. The van der Waals surface area contributed by atoms with Crippen LogP contribution in [0.1, 0.15) is 81.3 Å². The van der Waals surface area contributed by atoms with E-state index in [4.69, 9.17) is 0 Å². The summed E-state index contributed by atoms with van der Waals surface area (Å²) in [5, 5.41) is 0. The Labute approximate surface area is 211 Å². The highest BCUT2D eigenvalue weighted by molar-refractivity contribution is 5.67. The largest absolute Gasteiger partial charge is 0.409 e. The fraction of sp³-hybridized carbons (Fsp3) is 0.484. The zero-order valence-electron chi connectivity index (χ0n) is 20.7. The molecule has 0 N–H and O–H groups in total.